The second kappa shape index (κ2) is 6.23. The highest BCUT2D eigenvalue weighted by Gasteiger charge is 2.31. The molecule has 4 heteroatoms. The molecule has 0 heterocycles. The van der Waals surface area contributed by atoms with E-state index in [1.807, 2.05) is 6.92 Å². The third-order valence-corrected chi connectivity index (χ3v) is 4.02. The Kier molecular flexibility index (Phi) is 4.64. The van der Waals surface area contributed by atoms with Crippen molar-refractivity contribution in [3.8, 4) is 0 Å². The number of fused-ring (bicyclic) bond motifs is 2. The lowest BCUT2D eigenvalue weighted by Gasteiger charge is -2.37. The standard InChI is InChI=1S/C14H25N3O/c1-10(9-18-2)17-14(15)16-8-13-7-11-3-5-12(13)6-4-11/h3,5,10-13H,4,6-9H2,1-2H3,(H3,15,16,17). The molecule has 0 spiro atoms. The smallest absolute Gasteiger partial charge is 0.188 e. The number of rotatable bonds is 5. The van der Waals surface area contributed by atoms with Gasteiger partial charge in [0.25, 0.3) is 0 Å². The lowest BCUT2D eigenvalue weighted by Crippen LogP contribution is -2.41. The van der Waals surface area contributed by atoms with Crippen molar-refractivity contribution in [1.82, 2.24) is 5.32 Å². The maximum Gasteiger partial charge on any atom is 0.188 e. The Morgan fingerprint density at radius 2 is 2.33 bits per heavy atom. The molecule has 3 aliphatic carbocycles. The normalized spacial score (nSPS) is 32.6. The van der Waals surface area contributed by atoms with Gasteiger partial charge in [-0.2, -0.15) is 0 Å². The van der Waals surface area contributed by atoms with E-state index in [1.54, 1.807) is 7.11 Å². The SMILES string of the molecule is COCC(C)NC(N)=NCC1CC2C=CC1CC2. The highest BCUT2D eigenvalue weighted by molar-refractivity contribution is 5.78. The maximum absolute atomic E-state index is 5.89. The minimum absolute atomic E-state index is 0.210. The van der Waals surface area contributed by atoms with E-state index in [0.717, 1.165) is 18.4 Å². The summed E-state index contributed by atoms with van der Waals surface area (Å²) < 4.78 is 5.06. The molecule has 102 valence electrons. The highest BCUT2D eigenvalue weighted by atomic mass is 16.5. The van der Waals surface area contributed by atoms with Crippen LogP contribution in [0.3, 0.4) is 0 Å². The van der Waals surface area contributed by atoms with E-state index in [1.165, 1.54) is 19.3 Å². The first-order chi connectivity index (χ1) is 8.69. The molecule has 1 fully saturated rings. The minimum atomic E-state index is 0.210. The Hall–Kier alpha value is -1.03. The third-order valence-electron chi connectivity index (χ3n) is 4.02. The molecule has 0 radical (unpaired) electrons. The first-order valence-electron chi connectivity index (χ1n) is 6.92. The molecule has 0 aliphatic heterocycles. The molecule has 0 aromatic rings. The second-order valence-corrected chi connectivity index (χ2v) is 5.61. The van der Waals surface area contributed by atoms with Crippen molar-refractivity contribution in [1.29, 1.82) is 0 Å². The van der Waals surface area contributed by atoms with Gasteiger partial charge in [0, 0.05) is 19.7 Å². The van der Waals surface area contributed by atoms with Gasteiger partial charge in [-0.05, 0) is 43.9 Å². The number of ether oxygens (including phenoxy) is 1. The fourth-order valence-corrected chi connectivity index (χ4v) is 3.07. The van der Waals surface area contributed by atoms with Gasteiger partial charge in [-0.15, -0.1) is 0 Å². The van der Waals surface area contributed by atoms with Crippen LogP contribution >= 0.6 is 0 Å². The zero-order chi connectivity index (χ0) is 13.0. The van der Waals surface area contributed by atoms with Crippen LogP contribution in [0.15, 0.2) is 17.1 Å². The lowest BCUT2D eigenvalue weighted by molar-refractivity contribution is 0.179. The Morgan fingerprint density at radius 3 is 2.89 bits per heavy atom. The van der Waals surface area contributed by atoms with Gasteiger partial charge in [-0.1, -0.05) is 12.2 Å². The van der Waals surface area contributed by atoms with Crippen LogP contribution in [0, 0.1) is 17.8 Å². The molecule has 2 bridgehead atoms. The van der Waals surface area contributed by atoms with Gasteiger partial charge >= 0.3 is 0 Å². The molecule has 0 aromatic carbocycles. The Balaban J connectivity index is 1.78. The summed E-state index contributed by atoms with van der Waals surface area (Å²) >= 11 is 0. The van der Waals surface area contributed by atoms with Gasteiger partial charge < -0.3 is 15.8 Å². The summed E-state index contributed by atoms with van der Waals surface area (Å²) in [5.74, 6) is 2.75. The van der Waals surface area contributed by atoms with Crippen molar-refractivity contribution in [2.75, 3.05) is 20.3 Å². The number of nitrogens with one attached hydrogen (secondary N) is 1. The van der Waals surface area contributed by atoms with Gasteiger partial charge in [0.2, 0.25) is 0 Å². The summed E-state index contributed by atoms with van der Waals surface area (Å²) in [7, 11) is 1.69. The fourth-order valence-electron chi connectivity index (χ4n) is 3.07. The number of methoxy groups -OCH3 is 1. The van der Waals surface area contributed by atoms with Gasteiger partial charge in [0.15, 0.2) is 5.96 Å². The molecule has 4 nitrogen and oxygen atoms in total. The molecule has 3 aliphatic rings. The van der Waals surface area contributed by atoms with E-state index in [9.17, 15) is 0 Å². The predicted molar refractivity (Wildman–Crippen MR) is 74.4 cm³/mol. The van der Waals surface area contributed by atoms with E-state index in [2.05, 4.69) is 22.5 Å². The summed E-state index contributed by atoms with van der Waals surface area (Å²) in [4.78, 5) is 4.48. The lowest BCUT2D eigenvalue weighted by atomic mass is 9.69. The average Bonchev–Trinajstić information content (AvgIpc) is 2.38. The molecule has 3 rings (SSSR count). The Labute approximate surface area is 110 Å². The van der Waals surface area contributed by atoms with Crippen molar-refractivity contribution >= 4 is 5.96 Å². The molecule has 1 saturated carbocycles. The molecule has 3 N–H and O–H groups in total. The fraction of sp³-hybridized carbons (Fsp3) is 0.786. The first-order valence-corrected chi connectivity index (χ1v) is 6.92. The van der Waals surface area contributed by atoms with Crippen LogP contribution in [0.4, 0.5) is 0 Å². The van der Waals surface area contributed by atoms with Crippen LogP contribution in [0.25, 0.3) is 0 Å². The van der Waals surface area contributed by atoms with Crippen molar-refractivity contribution in [2.24, 2.45) is 28.5 Å². The summed E-state index contributed by atoms with van der Waals surface area (Å²) in [5, 5.41) is 3.15. The predicted octanol–water partition coefficient (Wildman–Crippen LogP) is 1.53. The third kappa shape index (κ3) is 3.48. The average molecular weight is 251 g/mol. The second-order valence-electron chi connectivity index (χ2n) is 5.61. The van der Waals surface area contributed by atoms with Gasteiger partial charge in [0.1, 0.15) is 0 Å². The van der Waals surface area contributed by atoms with Crippen LogP contribution < -0.4 is 11.1 Å². The van der Waals surface area contributed by atoms with Crippen LogP contribution in [-0.2, 0) is 4.74 Å². The van der Waals surface area contributed by atoms with Crippen LogP contribution in [0.2, 0.25) is 0 Å². The van der Waals surface area contributed by atoms with Gasteiger partial charge in [0.05, 0.1) is 6.61 Å². The first kappa shape index (κ1) is 13.4. The maximum atomic E-state index is 5.89. The monoisotopic (exact) mass is 251 g/mol. The van der Waals surface area contributed by atoms with E-state index in [0.29, 0.717) is 18.5 Å². The molecule has 18 heavy (non-hydrogen) atoms. The number of hydrogen-bond donors (Lipinski definition) is 2. The van der Waals surface area contributed by atoms with Crippen molar-refractivity contribution < 1.29 is 4.74 Å². The van der Waals surface area contributed by atoms with E-state index >= 15 is 0 Å². The van der Waals surface area contributed by atoms with Crippen LogP contribution in [0.5, 0.6) is 0 Å². The summed E-state index contributed by atoms with van der Waals surface area (Å²) in [6.45, 7) is 3.54. The molecular formula is C14H25N3O. The zero-order valence-electron chi connectivity index (χ0n) is 11.4. The largest absolute Gasteiger partial charge is 0.383 e. The number of nitrogens with zero attached hydrogens (tertiary/aromatic N) is 1. The van der Waals surface area contributed by atoms with Crippen molar-refractivity contribution in [2.45, 2.75) is 32.2 Å². The zero-order valence-corrected chi connectivity index (χ0v) is 11.4. The molecule has 0 aromatic heterocycles. The van der Waals surface area contributed by atoms with Gasteiger partial charge in [-0.25, -0.2) is 0 Å². The molecule has 4 atom stereocenters. The Bertz CT molecular complexity index is 327. The van der Waals surface area contributed by atoms with Crippen molar-refractivity contribution in [3.63, 3.8) is 0 Å². The van der Waals surface area contributed by atoms with Gasteiger partial charge in [-0.3, -0.25) is 4.99 Å². The van der Waals surface area contributed by atoms with Crippen molar-refractivity contribution in [3.05, 3.63) is 12.2 Å². The van der Waals surface area contributed by atoms with Crippen LogP contribution in [0.1, 0.15) is 26.2 Å². The Morgan fingerprint density at radius 1 is 1.50 bits per heavy atom. The topological polar surface area (TPSA) is 59.6 Å². The summed E-state index contributed by atoms with van der Waals surface area (Å²) in [6, 6.07) is 0.210. The van der Waals surface area contributed by atoms with Crippen LogP contribution in [-0.4, -0.2) is 32.3 Å². The number of aliphatic imine (C=N–C) groups is 1. The molecule has 0 amide bonds. The minimum Gasteiger partial charge on any atom is -0.383 e. The summed E-state index contributed by atoms with van der Waals surface area (Å²) in [6.07, 6.45) is 8.74. The number of nitrogens with two attached hydrogens (primary N) is 1. The molecule has 4 unspecified atom stereocenters. The molecular weight excluding hydrogens is 226 g/mol. The van der Waals surface area contributed by atoms with E-state index in [4.69, 9.17) is 10.5 Å². The number of allylic oxidation sites excluding steroid dienone is 2. The quantitative estimate of drug-likeness (QED) is 0.442. The molecule has 0 saturated heterocycles. The van der Waals surface area contributed by atoms with E-state index < -0.39 is 0 Å². The highest BCUT2D eigenvalue weighted by Crippen LogP contribution is 2.40. The number of guanidine groups is 1. The number of hydrogen-bond acceptors (Lipinski definition) is 2. The van der Waals surface area contributed by atoms with E-state index in [-0.39, 0.29) is 6.04 Å². The summed E-state index contributed by atoms with van der Waals surface area (Å²) in [5.41, 5.74) is 5.89.